The number of hydrogen-bond donors (Lipinski definition) is 2. The van der Waals surface area contributed by atoms with E-state index in [4.69, 9.17) is 4.74 Å². The van der Waals surface area contributed by atoms with Crippen LogP contribution in [0.3, 0.4) is 0 Å². The number of hydrogen-bond acceptors (Lipinski definition) is 5. The second-order valence-electron chi connectivity index (χ2n) is 6.30. The molecule has 0 heterocycles. The summed E-state index contributed by atoms with van der Waals surface area (Å²) in [5, 5.41) is 12.3. The number of esters is 1. The quantitative estimate of drug-likeness (QED) is 0.369. The zero-order valence-corrected chi connectivity index (χ0v) is 16.8. The van der Waals surface area contributed by atoms with Gasteiger partial charge in [0.15, 0.2) is 12.4 Å². The molecule has 0 saturated carbocycles. The van der Waals surface area contributed by atoms with Gasteiger partial charge in [0.1, 0.15) is 17.9 Å². The number of aliphatic hydroxyl groups excluding tert-OH is 1. The first-order valence-corrected chi connectivity index (χ1v) is 8.90. The molecule has 2 unspecified atom stereocenters. The van der Waals surface area contributed by atoms with Gasteiger partial charge >= 0.3 is 5.97 Å². The van der Waals surface area contributed by atoms with Gasteiger partial charge in [-0.15, -0.1) is 0 Å². The third-order valence-corrected chi connectivity index (χ3v) is 4.29. The van der Waals surface area contributed by atoms with E-state index in [0.717, 1.165) is 5.56 Å². The Hall–Kier alpha value is -2.41. The molecule has 0 saturated heterocycles. The van der Waals surface area contributed by atoms with Crippen molar-refractivity contribution in [2.75, 3.05) is 20.3 Å². The van der Waals surface area contributed by atoms with Gasteiger partial charge in [0.25, 0.3) is 0 Å². The van der Waals surface area contributed by atoms with Crippen molar-refractivity contribution in [1.82, 2.24) is 0 Å². The number of Topliss-reactive ketones (excluding diaryl/α,β-unsaturated/α-hetero) is 1. The zero-order valence-electron chi connectivity index (χ0n) is 16.0. The van der Waals surface area contributed by atoms with E-state index >= 15 is 0 Å². The van der Waals surface area contributed by atoms with Crippen molar-refractivity contribution < 1.29 is 41.9 Å². The number of quaternary nitrogens is 1. The highest BCUT2D eigenvalue weighted by atomic mass is 35.5. The third-order valence-electron chi connectivity index (χ3n) is 4.29. The maximum absolute atomic E-state index is 12.4. The molecule has 2 aromatic carbocycles. The number of methoxy groups -OCH3 is 1. The highest BCUT2D eigenvalue weighted by Crippen LogP contribution is 2.15. The summed E-state index contributed by atoms with van der Waals surface area (Å²) in [5.74, 6) is -0.0495. The van der Waals surface area contributed by atoms with Gasteiger partial charge in [0, 0.05) is 5.56 Å². The zero-order chi connectivity index (χ0) is 19.6. The number of ketones is 1. The van der Waals surface area contributed by atoms with Gasteiger partial charge in [-0.1, -0.05) is 42.5 Å². The number of carbonyl (C=O) groups is 2. The molecule has 2 aromatic rings. The maximum atomic E-state index is 12.4. The number of rotatable bonds is 10. The van der Waals surface area contributed by atoms with Crippen LogP contribution in [0.4, 0.5) is 0 Å². The molecule has 0 aliphatic heterocycles. The van der Waals surface area contributed by atoms with Gasteiger partial charge in [-0.2, -0.15) is 0 Å². The van der Waals surface area contributed by atoms with Crippen LogP contribution in [0, 0.1) is 0 Å². The average molecular weight is 408 g/mol. The Bertz CT molecular complexity index is 753. The maximum Gasteiger partial charge on any atom is 0.343 e. The fraction of sp³-hybridized carbons (Fsp3) is 0.333. The summed E-state index contributed by atoms with van der Waals surface area (Å²) in [6.45, 7) is 2.30. The molecule has 0 radical (unpaired) electrons. The number of halogens is 1. The van der Waals surface area contributed by atoms with Gasteiger partial charge in [-0.3, -0.25) is 4.79 Å². The van der Waals surface area contributed by atoms with Crippen LogP contribution in [-0.4, -0.2) is 43.2 Å². The molecule has 3 N–H and O–H groups in total. The first-order valence-electron chi connectivity index (χ1n) is 8.90. The van der Waals surface area contributed by atoms with Crippen molar-refractivity contribution in [3.05, 3.63) is 65.7 Å². The molecule has 0 spiro atoms. The Balaban J connectivity index is 0.00000392. The minimum atomic E-state index is -0.587. The van der Waals surface area contributed by atoms with Gasteiger partial charge in [0.2, 0.25) is 0 Å². The summed E-state index contributed by atoms with van der Waals surface area (Å²) in [4.78, 5) is 23.5. The standard InChI is InChI=1S/C21H25NO5.ClH/c1-15(21(25)16-7-4-3-5-8-16)22-12-11-19(23)17-9-6-10-18(13-17)27-14-20(24)26-2;/h3-10,13,15,21-22,25H,11-12,14H2,1-2H3;1H. The second kappa shape index (κ2) is 12.1. The molecule has 152 valence electrons. The summed E-state index contributed by atoms with van der Waals surface area (Å²) in [6.07, 6.45) is -0.247. The van der Waals surface area contributed by atoms with Crippen molar-refractivity contribution in [1.29, 1.82) is 0 Å². The summed E-state index contributed by atoms with van der Waals surface area (Å²) in [7, 11) is 1.29. The van der Waals surface area contributed by atoms with Crippen molar-refractivity contribution in [3.63, 3.8) is 0 Å². The fourth-order valence-electron chi connectivity index (χ4n) is 2.66. The third kappa shape index (κ3) is 7.31. The van der Waals surface area contributed by atoms with E-state index in [-0.39, 0.29) is 30.8 Å². The lowest BCUT2D eigenvalue weighted by atomic mass is 10.0. The fourth-order valence-corrected chi connectivity index (χ4v) is 2.66. The first kappa shape index (κ1) is 23.6. The van der Waals surface area contributed by atoms with Crippen LogP contribution < -0.4 is 22.5 Å². The lowest BCUT2D eigenvalue weighted by Gasteiger charge is -2.17. The minimum absolute atomic E-state index is 0. The number of carbonyl (C=O) groups excluding carboxylic acids is 2. The Morgan fingerprint density at radius 3 is 2.50 bits per heavy atom. The molecule has 2 rings (SSSR count). The van der Waals surface area contributed by atoms with Gasteiger partial charge in [-0.25, -0.2) is 4.79 Å². The molecule has 7 heteroatoms. The summed E-state index contributed by atoms with van der Waals surface area (Å²) in [5.41, 5.74) is 1.39. The molecule has 2 atom stereocenters. The number of benzene rings is 2. The van der Waals surface area contributed by atoms with Crippen molar-refractivity contribution in [3.8, 4) is 5.75 Å². The molecular formula is C21H26ClNO5. The van der Waals surface area contributed by atoms with E-state index in [1.54, 1.807) is 24.3 Å². The molecule has 0 aliphatic rings. The van der Waals surface area contributed by atoms with Crippen LogP contribution in [0.15, 0.2) is 54.6 Å². The number of ether oxygens (including phenoxy) is 2. The number of aliphatic hydroxyl groups is 1. The molecule has 0 aliphatic carbocycles. The first-order chi connectivity index (χ1) is 13.0. The lowest BCUT2D eigenvalue weighted by Crippen LogP contribution is -3.00. The SMILES string of the molecule is COC(=O)COc1cccc(C(=O)CC[NH2+]C(C)C(O)c2ccccc2)c1.[Cl-]. The largest absolute Gasteiger partial charge is 1.00 e. The average Bonchev–Trinajstić information content (AvgIpc) is 2.72. The molecule has 0 amide bonds. The van der Waals surface area contributed by atoms with Gasteiger partial charge in [-0.05, 0) is 24.6 Å². The minimum Gasteiger partial charge on any atom is -1.00 e. The van der Waals surface area contributed by atoms with Crippen LogP contribution in [0.5, 0.6) is 5.75 Å². The summed E-state index contributed by atoms with van der Waals surface area (Å²) in [6, 6.07) is 16.1. The molecule has 28 heavy (non-hydrogen) atoms. The van der Waals surface area contributed by atoms with Crippen LogP contribution in [0.25, 0.3) is 0 Å². The van der Waals surface area contributed by atoms with E-state index in [1.807, 2.05) is 42.6 Å². The Morgan fingerprint density at radius 2 is 1.82 bits per heavy atom. The molecule has 0 fully saturated rings. The Kier molecular flexibility index (Phi) is 10.2. The monoisotopic (exact) mass is 407 g/mol. The smallest absolute Gasteiger partial charge is 0.343 e. The highest BCUT2D eigenvalue weighted by molar-refractivity contribution is 5.96. The van der Waals surface area contributed by atoms with Crippen LogP contribution >= 0.6 is 0 Å². The van der Waals surface area contributed by atoms with E-state index in [1.165, 1.54) is 7.11 Å². The second-order valence-corrected chi connectivity index (χ2v) is 6.30. The van der Waals surface area contributed by atoms with E-state index in [0.29, 0.717) is 24.3 Å². The van der Waals surface area contributed by atoms with E-state index in [2.05, 4.69) is 4.74 Å². The van der Waals surface area contributed by atoms with Crippen molar-refractivity contribution >= 4 is 11.8 Å². The highest BCUT2D eigenvalue weighted by Gasteiger charge is 2.19. The number of nitrogens with two attached hydrogens (primary N) is 1. The molecule has 0 bridgehead atoms. The normalized spacial score (nSPS) is 12.4. The topological polar surface area (TPSA) is 89.4 Å². The van der Waals surface area contributed by atoms with Crippen molar-refractivity contribution in [2.45, 2.75) is 25.5 Å². The summed E-state index contributed by atoms with van der Waals surface area (Å²) < 4.78 is 9.83. The summed E-state index contributed by atoms with van der Waals surface area (Å²) >= 11 is 0. The Morgan fingerprint density at radius 1 is 1.11 bits per heavy atom. The Labute approximate surface area is 171 Å². The van der Waals surface area contributed by atoms with Crippen molar-refractivity contribution in [2.24, 2.45) is 0 Å². The molecule has 6 nitrogen and oxygen atoms in total. The van der Waals surface area contributed by atoms with Gasteiger partial charge in [0.05, 0.1) is 20.1 Å². The molecule has 0 aromatic heterocycles. The predicted octanol–water partition coefficient (Wildman–Crippen LogP) is -1.50. The lowest BCUT2D eigenvalue weighted by molar-refractivity contribution is -0.693. The van der Waals surface area contributed by atoms with Crippen LogP contribution in [0.1, 0.15) is 35.4 Å². The predicted molar refractivity (Wildman–Crippen MR) is 101 cm³/mol. The van der Waals surface area contributed by atoms with Crippen LogP contribution in [-0.2, 0) is 9.53 Å². The van der Waals surface area contributed by atoms with Crippen LogP contribution in [0.2, 0.25) is 0 Å². The van der Waals surface area contributed by atoms with Gasteiger partial charge < -0.3 is 32.3 Å². The van der Waals surface area contributed by atoms with E-state index < -0.39 is 12.1 Å². The van der Waals surface area contributed by atoms with E-state index in [9.17, 15) is 14.7 Å². The molecular weight excluding hydrogens is 382 g/mol.